The van der Waals surface area contributed by atoms with Gasteiger partial charge in [0.1, 0.15) is 11.6 Å². The van der Waals surface area contributed by atoms with Crippen LogP contribution in [0.15, 0.2) is 36.4 Å². The molecule has 0 saturated carbocycles. The maximum atomic E-state index is 13.4. The average molecular weight is 348 g/mol. The number of halogens is 2. The third-order valence-corrected chi connectivity index (χ3v) is 4.39. The lowest BCUT2D eigenvalue weighted by Gasteiger charge is -2.14. The van der Waals surface area contributed by atoms with Crippen LogP contribution in [0.25, 0.3) is 11.0 Å². The fourth-order valence-corrected chi connectivity index (χ4v) is 2.97. The Morgan fingerprint density at radius 2 is 2.08 bits per heavy atom. The minimum atomic E-state index is -0.387. The van der Waals surface area contributed by atoms with Crippen LogP contribution >= 0.6 is 11.6 Å². The van der Waals surface area contributed by atoms with Crippen molar-refractivity contribution in [1.29, 1.82) is 0 Å². The van der Waals surface area contributed by atoms with Crippen LogP contribution in [-0.4, -0.2) is 14.7 Å². The largest absolute Gasteiger partial charge is 0.392 e. The van der Waals surface area contributed by atoms with Gasteiger partial charge in [0, 0.05) is 24.2 Å². The molecule has 1 unspecified atom stereocenters. The SMILES string of the molecule is CC(NCc1ccc(F)c(CO)c1)c1nc2cc(Cl)ccc2n1C. The minimum Gasteiger partial charge on any atom is -0.392 e. The van der Waals surface area contributed by atoms with Crippen molar-refractivity contribution in [2.75, 3.05) is 0 Å². The van der Waals surface area contributed by atoms with E-state index in [0.717, 1.165) is 22.4 Å². The van der Waals surface area contributed by atoms with Crippen molar-refractivity contribution in [3.63, 3.8) is 0 Å². The van der Waals surface area contributed by atoms with Gasteiger partial charge in [-0.3, -0.25) is 0 Å². The second kappa shape index (κ2) is 6.89. The van der Waals surface area contributed by atoms with Crippen LogP contribution in [0.2, 0.25) is 5.02 Å². The minimum absolute atomic E-state index is 0.00352. The first kappa shape index (κ1) is 16.9. The van der Waals surface area contributed by atoms with E-state index < -0.39 is 0 Å². The van der Waals surface area contributed by atoms with Gasteiger partial charge in [-0.15, -0.1) is 0 Å². The summed E-state index contributed by atoms with van der Waals surface area (Å²) < 4.78 is 15.5. The number of hydrogen-bond acceptors (Lipinski definition) is 3. The highest BCUT2D eigenvalue weighted by Crippen LogP contribution is 2.23. The molecule has 2 N–H and O–H groups in total. The van der Waals surface area contributed by atoms with Crippen molar-refractivity contribution in [2.45, 2.75) is 26.1 Å². The predicted molar refractivity (Wildman–Crippen MR) is 93.3 cm³/mol. The molecule has 0 fully saturated rings. The molecular weight excluding hydrogens is 329 g/mol. The summed E-state index contributed by atoms with van der Waals surface area (Å²) in [6, 6.07) is 10.4. The molecule has 2 aromatic carbocycles. The van der Waals surface area contributed by atoms with Gasteiger partial charge in [-0.2, -0.15) is 0 Å². The number of benzene rings is 2. The first-order chi connectivity index (χ1) is 11.5. The first-order valence-corrected chi connectivity index (χ1v) is 8.11. The van der Waals surface area contributed by atoms with Crippen molar-refractivity contribution in [3.05, 3.63) is 64.2 Å². The molecule has 0 amide bonds. The Balaban J connectivity index is 1.78. The lowest BCUT2D eigenvalue weighted by molar-refractivity contribution is 0.275. The van der Waals surface area contributed by atoms with Crippen molar-refractivity contribution < 1.29 is 9.50 Å². The average Bonchev–Trinajstić information content (AvgIpc) is 2.90. The number of aromatic nitrogens is 2. The summed E-state index contributed by atoms with van der Waals surface area (Å²) in [5.41, 5.74) is 3.10. The van der Waals surface area contributed by atoms with Crippen LogP contribution in [0.3, 0.4) is 0 Å². The molecule has 6 heteroatoms. The molecule has 126 valence electrons. The number of nitrogens with zero attached hydrogens (tertiary/aromatic N) is 2. The van der Waals surface area contributed by atoms with E-state index in [0.29, 0.717) is 17.1 Å². The van der Waals surface area contributed by atoms with Crippen LogP contribution < -0.4 is 5.32 Å². The van der Waals surface area contributed by atoms with E-state index in [1.165, 1.54) is 6.07 Å². The third kappa shape index (κ3) is 3.29. The van der Waals surface area contributed by atoms with E-state index in [2.05, 4.69) is 10.3 Å². The molecule has 4 nitrogen and oxygen atoms in total. The van der Waals surface area contributed by atoms with E-state index in [1.807, 2.05) is 36.7 Å². The quantitative estimate of drug-likeness (QED) is 0.739. The van der Waals surface area contributed by atoms with Crippen LogP contribution in [-0.2, 0) is 20.2 Å². The highest BCUT2D eigenvalue weighted by molar-refractivity contribution is 6.31. The Labute approximate surface area is 144 Å². The van der Waals surface area contributed by atoms with Crippen LogP contribution in [0.1, 0.15) is 29.9 Å². The van der Waals surface area contributed by atoms with Crippen LogP contribution in [0.5, 0.6) is 0 Å². The Bertz CT molecular complexity index is 878. The molecule has 0 aliphatic rings. The fourth-order valence-electron chi connectivity index (χ4n) is 2.80. The Morgan fingerprint density at radius 1 is 1.29 bits per heavy atom. The molecule has 0 aliphatic heterocycles. The monoisotopic (exact) mass is 347 g/mol. The molecule has 0 spiro atoms. The molecule has 0 bridgehead atoms. The van der Waals surface area contributed by atoms with Gasteiger partial charge < -0.3 is 15.0 Å². The number of aliphatic hydroxyl groups is 1. The van der Waals surface area contributed by atoms with Gasteiger partial charge in [0.25, 0.3) is 0 Å². The zero-order valence-electron chi connectivity index (χ0n) is 13.6. The van der Waals surface area contributed by atoms with Gasteiger partial charge in [-0.1, -0.05) is 17.7 Å². The molecular formula is C18H19ClFN3O. The van der Waals surface area contributed by atoms with Gasteiger partial charge >= 0.3 is 0 Å². The molecule has 1 heterocycles. The van der Waals surface area contributed by atoms with Crippen molar-refractivity contribution >= 4 is 22.6 Å². The van der Waals surface area contributed by atoms with Gasteiger partial charge in [0.15, 0.2) is 0 Å². The number of rotatable bonds is 5. The summed E-state index contributed by atoms with van der Waals surface area (Å²) in [6.45, 7) is 2.28. The Kier molecular flexibility index (Phi) is 4.85. The Hall–Kier alpha value is -1.95. The molecule has 1 atom stereocenters. The number of hydrogen-bond donors (Lipinski definition) is 2. The van der Waals surface area contributed by atoms with E-state index in [-0.39, 0.29) is 18.5 Å². The summed E-state index contributed by atoms with van der Waals surface area (Å²) in [6.07, 6.45) is 0. The van der Waals surface area contributed by atoms with E-state index in [9.17, 15) is 4.39 Å². The molecule has 3 aromatic rings. The van der Waals surface area contributed by atoms with Gasteiger partial charge in [0.05, 0.1) is 23.7 Å². The van der Waals surface area contributed by atoms with Crippen molar-refractivity contribution in [1.82, 2.24) is 14.9 Å². The molecule has 0 saturated heterocycles. The van der Waals surface area contributed by atoms with Gasteiger partial charge in [0.2, 0.25) is 0 Å². The van der Waals surface area contributed by atoms with Crippen molar-refractivity contribution in [3.8, 4) is 0 Å². The Morgan fingerprint density at radius 3 is 2.83 bits per heavy atom. The van der Waals surface area contributed by atoms with Crippen LogP contribution in [0, 0.1) is 5.82 Å². The first-order valence-electron chi connectivity index (χ1n) is 7.73. The fraction of sp³-hybridized carbons (Fsp3) is 0.278. The molecule has 3 rings (SSSR count). The highest BCUT2D eigenvalue weighted by atomic mass is 35.5. The summed E-state index contributed by atoms with van der Waals surface area (Å²) in [7, 11) is 1.97. The normalized spacial score (nSPS) is 12.7. The lowest BCUT2D eigenvalue weighted by atomic mass is 10.1. The number of aliphatic hydroxyl groups excluding tert-OH is 1. The number of aryl methyl sites for hydroxylation is 1. The molecule has 24 heavy (non-hydrogen) atoms. The maximum absolute atomic E-state index is 13.4. The standard InChI is InChI=1S/C18H19ClFN3O/c1-11(21-9-12-3-5-15(20)13(7-12)10-24)18-22-16-8-14(19)4-6-17(16)23(18)2/h3-8,11,21,24H,9-10H2,1-2H3. The summed E-state index contributed by atoms with van der Waals surface area (Å²) in [4.78, 5) is 4.65. The summed E-state index contributed by atoms with van der Waals surface area (Å²) in [5.74, 6) is 0.512. The van der Waals surface area contributed by atoms with Crippen molar-refractivity contribution in [2.24, 2.45) is 7.05 Å². The van der Waals surface area contributed by atoms with E-state index >= 15 is 0 Å². The highest BCUT2D eigenvalue weighted by Gasteiger charge is 2.14. The molecule has 1 aromatic heterocycles. The third-order valence-electron chi connectivity index (χ3n) is 4.16. The van der Waals surface area contributed by atoms with Gasteiger partial charge in [-0.05, 0) is 42.8 Å². The molecule has 0 radical (unpaired) electrons. The van der Waals surface area contributed by atoms with Crippen LogP contribution in [0.4, 0.5) is 4.39 Å². The summed E-state index contributed by atoms with van der Waals surface area (Å²) in [5, 5.41) is 13.2. The van der Waals surface area contributed by atoms with Gasteiger partial charge in [-0.25, -0.2) is 9.37 Å². The zero-order chi connectivity index (χ0) is 17.3. The predicted octanol–water partition coefficient (Wildman–Crippen LogP) is 3.71. The number of imidazole rings is 1. The smallest absolute Gasteiger partial charge is 0.128 e. The second-order valence-electron chi connectivity index (χ2n) is 5.85. The van der Waals surface area contributed by atoms with E-state index in [1.54, 1.807) is 12.1 Å². The zero-order valence-corrected chi connectivity index (χ0v) is 14.3. The van der Waals surface area contributed by atoms with E-state index in [4.69, 9.17) is 16.7 Å². The lowest BCUT2D eigenvalue weighted by Crippen LogP contribution is -2.21. The number of nitrogens with one attached hydrogen (secondary N) is 1. The maximum Gasteiger partial charge on any atom is 0.128 e. The second-order valence-corrected chi connectivity index (χ2v) is 6.28. The molecule has 0 aliphatic carbocycles. The summed E-state index contributed by atoms with van der Waals surface area (Å²) >= 11 is 6.03. The topological polar surface area (TPSA) is 50.1 Å². The number of fused-ring (bicyclic) bond motifs is 1.